The van der Waals surface area contributed by atoms with Crippen molar-refractivity contribution in [3.05, 3.63) is 70.0 Å². The Balaban J connectivity index is 2.25. The summed E-state index contributed by atoms with van der Waals surface area (Å²) < 4.78 is 13.1. The van der Waals surface area contributed by atoms with E-state index in [1.54, 1.807) is 12.1 Å². The maximum absolute atomic E-state index is 13.1. The fourth-order valence-corrected chi connectivity index (χ4v) is 2.31. The zero-order valence-corrected chi connectivity index (χ0v) is 11.8. The molecule has 100 valence electrons. The van der Waals surface area contributed by atoms with Crippen LogP contribution in [0.2, 0.25) is 5.02 Å². The van der Waals surface area contributed by atoms with Crippen LogP contribution < -0.4 is 5.73 Å². The van der Waals surface area contributed by atoms with Gasteiger partial charge in [-0.3, -0.25) is 0 Å². The molecule has 0 heterocycles. The maximum Gasteiger partial charge on any atom is 0.141 e. The zero-order valence-electron chi connectivity index (χ0n) is 11.1. The first kappa shape index (κ1) is 14.0. The lowest BCUT2D eigenvalue weighted by Crippen LogP contribution is -2.35. The number of hydrogen-bond donors (Lipinski definition) is 1. The van der Waals surface area contributed by atoms with Gasteiger partial charge in [-0.25, -0.2) is 4.39 Å². The Kier molecular flexibility index (Phi) is 3.93. The van der Waals surface area contributed by atoms with E-state index < -0.39 is 11.4 Å². The van der Waals surface area contributed by atoms with Crippen LogP contribution in [0, 0.1) is 12.7 Å². The Hall–Kier alpha value is -1.38. The fraction of sp³-hybridized carbons (Fsp3) is 0.250. The summed E-state index contributed by atoms with van der Waals surface area (Å²) in [4.78, 5) is 0. The van der Waals surface area contributed by atoms with Crippen LogP contribution in [0.15, 0.2) is 42.5 Å². The predicted molar refractivity (Wildman–Crippen MR) is 77.8 cm³/mol. The first-order chi connectivity index (χ1) is 8.88. The molecule has 1 atom stereocenters. The van der Waals surface area contributed by atoms with Gasteiger partial charge < -0.3 is 5.73 Å². The van der Waals surface area contributed by atoms with Crippen LogP contribution in [0.4, 0.5) is 4.39 Å². The molecular weight excluding hydrogens is 261 g/mol. The maximum atomic E-state index is 13.1. The van der Waals surface area contributed by atoms with Crippen LogP contribution in [0.5, 0.6) is 0 Å². The van der Waals surface area contributed by atoms with Gasteiger partial charge in [0.15, 0.2) is 0 Å². The van der Waals surface area contributed by atoms with Crippen molar-refractivity contribution < 1.29 is 4.39 Å². The third kappa shape index (κ3) is 3.34. The van der Waals surface area contributed by atoms with Crippen LogP contribution >= 0.6 is 11.6 Å². The van der Waals surface area contributed by atoms with E-state index in [1.807, 2.05) is 38.1 Å². The van der Waals surface area contributed by atoms with Crippen molar-refractivity contribution in [2.75, 3.05) is 0 Å². The highest BCUT2D eigenvalue weighted by atomic mass is 35.5. The Morgan fingerprint density at radius 3 is 2.37 bits per heavy atom. The molecule has 0 bridgehead atoms. The van der Waals surface area contributed by atoms with Crippen molar-refractivity contribution in [1.82, 2.24) is 0 Å². The molecule has 2 aromatic carbocycles. The molecule has 3 heteroatoms. The van der Waals surface area contributed by atoms with Crippen molar-refractivity contribution in [3.8, 4) is 0 Å². The largest absolute Gasteiger partial charge is 0.321 e. The first-order valence-electron chi connectivity index (χ1n) is 6.18. The van der Waals surface area contributed by atoms with Crippen molar-refractivity contribution in [2.45, 2.75) is 25.8 Å². The average molecular weight is 278 g/mol. The monoisotopic (exact) mass is 277 g/mol. The minimum atomic E-state index is -0.505. The molecule has 19 heavy (non-hydrogen) atoms. The molecule has 0 fully saturated rings. The smallest absolute Gasteiger partial charge is 0.141 e. The van der Waals surface area contributed by atoms with Crippen molar-refractivity contribution >= 4 is 11.6 Å². The highest BCUT2D eigenvalue weighted by Crippen LogP contribution is 2.25. The van der Waals surface area contributed by atoms with Crippen LogP contribution in [0.3, 0.4) is 0 Å². The van der Waals surface area contributed by atoms with Crippen LogP contribution in [-0.4, -0.2) is 0 Å². The quantitative estimate of drug-likeness (QED) is 0.894. The molecule has 0 amide bonds. The van der Waals surface area contributed by atoms with Gasteiger partial charge >= 0.3 is 0 Å². The lowest BCUT2D eigenvalue weighted by Gasteiger charge is -2.25. The Labute approximate surface area is 118 Å². The summed E-state index contributed by atoms with van der Waals surface area (Å²) in [6.45, 7) is 4.01. The third-order valence-electron chi connectivity index (χ3n) is 3.27. The Morgan fingerprint density at radius 1 is 1.16 bits per heavy atom. The second-order valence-electron chi connectivity index (χ2n) is 5.21. The van der Waals surface area contributed by atoms with Crippen LogP contribution in [0.25, 0.3) is 0 Å². The summed E-state index contributed by atoms with van der Waals surface area (Å²) in [6.07, 6.45) is 0.607. The average Bonchev–Trinajstić information content (AvgIpc) is 2.34. The van der Waals surface area contributed by atoms with E-state index in [2.05, 4.69) is 0 Å². The van der Waals surface area contributed by atoms with E-state index in [1.165, 1.54) is 11.6 Å². The van der Waals surface area contributed by atoms with E-state index >= 15 is 0 Å². The highest BCUT2D eigenvalue weighted by Gasteiger charge is 2.21. The van der Waals surface area contributed by atoms with Crippen LogP contribution in [-0.2, 0) is 12.0 Å². The van der Waals surface area contributed by atoms with Crippen LogP contribution in [0.1, 0.15) is 23.6 Å². The SMILES string of the molecule is Cc1ccc(C(C)(N)Cc2ccc(F)c(Cl)c2)cc1. The first-order valence-corrected chi connectivity index (χ1v) is 6.56. The van der Waals surface area contributed by atoms with E-state index in [-0.39, 0.29) is 5.02 Å². The number of benzene rings is 2. The second-order valence-corrected chi connectivity index (χ2v) is 5.62. The lowest BCUT2D eigenvalue weighted by molar-refractivity contribution is 0.490. The van der Waals surface area contributed by atoms with Gasteiger partial charge in [0, 0.05) is 5.54 Å². The van der Waals surface area contributed by atoms with Gasteiger partial charge in [0.25, 0.3) is 0 Å². The summed E-state index contributed by atoms with van der Waals surface area (Å²) in [5.41, 5.74) is 9.05. The lowest BCUT2D eigenvalue weighted by atomic mass is 9.86. The topological polar surface area (TPSA) is 26.0 Å². The second kappa shape index (κ2) is 5.32. The summed E-state index contributed by atoms with van der Waals surface area (Å²) in [5, 5.41) is 0.136. The molecule has 0 spiro atoms. The van der Waals surface area contributed by atoms with E-state index in [0.29, 0.717) is 6.42 Å². The molecule has 0 saturated carbocycles. The molecule has 0 aliphatic heterocycles. The molecule has 1 nitrogen and oxygen atoms in total. The Morgan fingerprint density at radius 2 is 1.79 bits per heavy atom. The van der Waals surface area contributed by atoms with Gasteiger partial charge in [0.1, 0.15) is 5.82 Å². The van der Waals surface area contributed by atoms with Gasteiger partial charge in [-0.2, -0.15) is 0 Å². The van der Waals surface area contributed by atoms with Gasteiger partial charge in [-0.1, -0.05) is 47.5 Å². The number of nitrogens with two attached hydrogens (primary N) is 1. The zero-order chi connectivity index (χ0) is 14.0. The molecule has 2 N–H and O–H groups in total. The number of hydrogen-bond acceptors (Lipinski definition) is 1. The van der Waals surface area contributed by atoms with E-state index in [9.17, 15) is 4.39 Å². The predicted octanol–water partition coefficient (Wildman–Crippen LogP) is 4.20. The summed E-state index contributed by atoms with van der Waals surface area (Å²) in [6, 6.07) is 12.9. The van der Waals surface area contributed by atoms with Gasteiger partial charge in [-0.05, 0) is 43.5 Å². The molecule has 0 aromatic heterocycles. The van der Waals surface area contributed by atoms with E-state index in [4.69, 9.17) is 17.3 Å². The minimum absolute atomic E-state index is 0.136. The molecule has 0 aliphatic rings. The minimum Gasteiger partial charge on any atom is -0.321 e. The molecule has 2 rings (SSSR count). The molecule has 0 aliphatic carbocycles. The van der Waals surface area contributed by atoms with Gasteiger partial charge in [0.2, 0.25) is 0 Å². The molecule has 0 saturated heterocycles. The van der Waals surface area contributed by atoms with Gasteiger partial charge in [0.05, 0.1) is 5.02 Å². The van der Waals surface area contributed by atoms with Crippen molar-refractivity contribution in [1.29, 1.82) is 0 Å². The standard InChI is InChI=1S/C16H17ClFN/c1-11-3-6-13(7-4-11)16(2,19)10-12-5-8-15(18)14(17)9-12/h3-9H,10,19H2,1-2H3. The van der Waals surface area contributed by atoms with E-state index in [0.717, 1.165) is 11.1 Å². The number of halogens is 2. The number of rotatable bonds is 3. The highest BCUT2D eigenvalue weighted by molar-refractivity contribution is 6.30. The summed E-state index contributed by atoms with van der Waals surface area (Å²) >= 11 is 5.79. The summed E-state index contributed by atoms with van der Waals surface area (Å²) in [5.74, 6) is -0.403. The third-order valence-corrected chi connectivity index (χ3v) is 3.56. The van der Waals surface area contributed by atoms with Crippen molar-refractivity contribution in [3.63, 3.8) is 0 Å². The molecular formula is C16H17ClFN. The molecule has 2 aromatic rings. The normalized spacial score (nSPS) is 14.2. The molecule has 1 unspecified atom stereocenters. The number of aryl methyl sites for hydroxylation is 1. The summed E-state index contributed by atoms with van der Waals surface area (Å²) in [7, 11) is 0. The van der Waals surface area contributed by atoms with Crippen molar-refractivity contribution in [2.24, 2.45) is 5.73 Å². The Bertz CT molecular complexity index is 576. The fourth-order valence-electron chi connectivity index (χ4n) is 2.11. The van der Waals surface area contributed by atoms with Gasteiger partial charge in [-0.15, -0.1) is 0 Å². The molecule has 0 radical (unpaired) electrons.